The van der Waals surface area contributed by atoms with Gasteiger partial charge in [0.05, 0.1) is 18.7 Å². The lowest BCUT2D eigenvalue weighted by atomic mass is 10.2. The van der Waals surface area contributed by atoms with Crippen LogP contribution in [0.4, 0.5) is 0 Å². The molecule has 2 N–H and O–H groups in total. The van der Waals surface area contributed by atoms with Gasteiger partial charge in [-0.25, -0.2) is 5.90 Å². The van der Waals surface area contributed by atoms with Gasteiger partial charge in [-0.3, -0.25) is 4.84 Å². The second-order valence-electron chi connectivity index (χ2n) is 2.24. The van der Waals surface area contributed by atoms with Crippen molar-refractivity contribution < 1.29 is 9.57 Å². The Morgan fingerprint density at radius 2 is 2.25 bits per heavy atom. The van der Waals surface area contributed by atoms with Gasteiger partial charge in [0.1, 0.15) is 5.75 Å². The molecule has 1 aromatic rings. The molecule has 0 heterocycles. The second-order valence-corrected chi connectivity index (χ2v) is 2.65. The third-order valence-electron chi connectivity index (χ3n) is 1.49. The fourth-order valence-electron chi connectivity index (χ4n) is 0.986. The maximum atomic E-state index is 5.84. The van der Waals surface area contributed by atoms with E-state index in [1.165, 1.54) is 0 Å². The topological polar surface area (TPSA) is 44.5 Å². The van der Waals surface area contributed by atoms with Crippen molar-refractivity contribution in [2.24, 2.45) is 5.90 Å². The molecule has 0 aliphatic heterocycles. The Kier molecular flexibility index (Phi) is 3.34. The van der Waals surface area contributed by atoms with E-state index in [1.54, 1.807) is 13.2 Å². The number of hydrogen-bond donors (Lipinski definition) is 1. The Bertz CT molecular complexity index is 265. The Balaban J connectivity index is 3.00. The monoisotopic (exact) mass is 187 g/mol. The molecule has 0 aliphatic carbocycles. The largest absolute Gasteiger partial charge is 0.495 e. The van der Waals surface area contributed by atoms with E-state index in [9.17, 15) is 0 Å². The van der Waals surface area contributed by atoms with E-state index >= 15 is 0 Å². The summed E-state index contributed by atoms with van der Waals surface area (Å²) in [4.78, 5) is 4.49. The number of hydrogen-bond acceptors (Lipinski definition) is 3. The molecule has 0 unspecified atom stereocenters. The van der Waals surface area contributed by atoms with E-state index in [1.807, 2.05) is 12.1 Å². The number of methoxy groups -OCH3 is 1. The lowest BCUT2D eigenvalue weighted by molar-refractivity contribution is 0.122. The first-order chi connectivity index (χ1) is 5.79. The van der Waals surface area contributed by atoms with E-state index < -0.39 is 0 Å². The summed E-state index contributed by atoms with van der Waals surface area (Å²) < 4.78 is 5.06. The smallest absolute Gasteiger partial charge is 0.143 e. The minimum absolute atomic E-state index is 0.295. The van der Waals surface area contributed by atoms with Gasteiger partial charge in [0.2, 0.25) is 0 Å². The normalized spacial score (nSPS) is 9.92. The van der Waals surface area contributed by atoms with E-state index in [4.69, 9.17) is 22.2 Å². The van der Waals surface area contributed by atoms with Crippen LogP contribution in [0.1, 0.15) is 5.56 Å². The Labute approximate surface area is 76.0 Å². The Morgan fingerprint density at radius 3 is 2.83 bits per heavy atom. The maximum absolute atomic E-state index is 5.84. The predicted molar refractivity (Wildman–Crippen MR) is 47.0 cm³/mol. The van der Waals surface area contributed by atoms with Gasteiger partial charge in [-0.1, -0.05) is 23.7 Å². The van der Waals surface area contributed by atoms with Crippen molar-refractivity contribution in [3.8, 4) is 5.75 Å². The molecule has 0 radical (unpaired) electrons. The van der Waals surface area contributed by atoms with Gasteiger partial charge in [0, 0.05) is 5.56 Å². The average molecular weight is 188 g/mol. The zero-order valence-corrected chi connectivity index (χ0v) is 7.47. The van der Waals surface area contributed by atoms with Crippen LogP contribution >= 0.6 is 11.6 Å². The minimum atomic E-state index is 0.295. The SMILES string of the molecule is COc1c(Cl)cccc1CON. The molecule has 66 valence electrons. The Morgan fingerprint density at radius 1 is 1.50 bits per heavy atom. The number of para-hydroxylation sites is 1. The molecule has 0 saturated carbocycles. The van der Waals surface area contributed by atoms with E-state index in [-0.39, 0.29) is 0 Å². The highest BCUT2D eigenvalue weighted by molar-refractivity contribution is 6.32. The van der Waals surface area contributed by atoms with E-state index in [0.717, 1.165) is 5.56 Å². The molecule has 0 saturated heterocycles. The first-order valence-electron chi connectivity index (χ1n) is 3.42. The highest BCUT2D eigenvalue weighted by Crippen LogP contribution is 2.28. The summed E-state index contributed by atoms with van der Waals surface area (Å²) in [6, 6.07) is 5.41. The van der Waals surface area contributed by atoms with Gasteiger partial charge in [0.25, 0.3) is 0 Å². The molecule has 12 heavy (non-hydrogen) atoms. The van der Waals surface area contributed by atoms with Crippen LogP contribution in [0.25, 0.3) is 0 Å². The zero-order valence-electron chi connectivity index (χ0n) is 6.71. The van der Waals surface area contributed by atoms with Gasteiger partial charge >= 0.3 is 0 Å². The molecule has 4 heteroatoms. The van der Waals surface area contributed by atoms with Crippen molar-refractivity contribution in [1.82, 2.24) is 0 Å². The summed E-state index contributed by atoms with van der Waals surface area (Å²) in [7, 11) is 1.56. The van der Waals surface area contributed by atoms with Gasteiger partial charge in [-0.15, -0.1) is 0 Å². The fraction of sp³-hybridized carbons (Fsp3) is 0.250. The Hall–Kier alpha value is -0.770. The second kappa shape index (κ2) is 4.30. The van der Waals surface area contributed by atoms with E-state index in [2.05, 4.69) is 4.84 Å². The maximum Gasteiger partial charge on any atom is 0.143 e. The van der Waals surface area contributed by atoms with Crippen molar-refractivity contribution in [2.75, 3.05) is 7.11 Å². The van der Waals surface area contributed by atoms with Crippen LogP contribution in [0, 0.1) is 0 Å². The summed E-state index contributed by atoms with van der Waals surface area (Å²) in [5.41, 5.74) is 0.840. The molecule has 1 aromatic carbocycles. The summed E-state index contributed by atoms with van der Waals surface area (Å²) >= 11 is 5.84. The van der Waals surface area contributed by atoms with Crippen LogP contribution in [-0.4, -0.2) is 7.11 Å². The van der Waals surface area contributed by atoms with Gasteiger partial charge in [0.15, 0.2) is 0 Å². The average Bonchev–Trinajstić information content (AvgIpc) is 2.05. The number of nitrogens with two attached hydrogens (primary N) is 1. The highest BCUT2D eigenvalue weighted by atomic mass is 35.5. The van der Waals surface area contributed by atoms with Crippen molar-refractivity contribution in [3.05, 3.63) is 28.8 Å². The van der Waals surface area contributed by atoms with Crippen molar-refractivity contribution in [1.29, 1.82) is 0 Å². The fourth-order valence-corrected chi connectivity index (χ4v) is 1.26. The molecule has 1 rings (SSSR count). The number of rotatable bonds is 3. The third kappa shape index (κ3) is 1.88. The number of benzene rings is 1. The van der Waals surface area contributed by atoms with Crippen LogP contribution in [0.2, 0.25) is 5.02 Å². The molecular formula is C8H10ClNO2. The quantitative estimate of drug-likeness (QED) is 0.734. The predicted octanol–water partition coefficient (Wildman–Crippen LogP) is 1.74. The zero-order chi connectivity index (χ0) is 8.97. The number of ether oxygens (including phenoxy) is 1. The molecule has 0 bridgehead atoms. The van der Waals surface area contributed by atoms with Crippen LogP contribution in [-0.2, 0) is 11.4 Å². The van der Waals surface area contributed by atoms with Gasteiger partial charge in [-0.05, 0) is 6.07 Å². The first-order valence-corrected chi connectivity index (χ1v) is 3.80. The lowest BCUT2D eigenvalue weighted by Crippen LogP contribution is -2.01. The summed E-state index contributed by atoms with van der Waals surface area (Å²) in [6.45, 7) is 0.295. The minimum Gasteiger partial charge on any atom is -0.495 e. The summed E-state index contributed by atoms with van der Waals surface area (Å²) in [6.07, 6.45) is 0. The molecule has 0 aliphatic rings. The summed E-state index contributed by atoms with van der Waals surface area (Å²) in [5, 5.41) is 0.562. The molecule has 0 atom stereocenters. The number of halogens is 1. The molecule has 0 fully saturated rings. The molecule has 0 aromatic heterocycles. The third-order valence-corrected chi connectivity index (χ3v) is 1.79. The van der Waals surface area contributed by atoms with Crippen molar-refractivity contribution in [2.45, 2.75) is 6.61 Å². The highest BCUT2D eigenvalue weighted by Gasteiger charge is 2.05. The van der Waals surface area contributed by atoms with Gasteiger partial charge in [-0.2, -0.15) is 0 Å². The van der Waals surface area contributed by atoms with Crippen molar-refractivity contribution in [3.63, 3.8) is 0 Å². The van der Waals surface area contributed by atoms with Crippen LogP contribution in [0.3, 0.4) is 0 Å². The van der Waals surface area contributed by atoms with Crippen LogP contribution in [0.5, 0.6) is 5.75 Å². The summed E-state index contributed by atoms with van der Waals surface area (Å²) in [5.74, 6) is 5.55. The standard InChI is InChI=1S/C8H10ClNO2/c1-11-8-6(5-12-10)3-2-4-7(8)9/h2-4H,5,10H2,1H3. The molecule has 3 nitrogen and oxygen atoms in total. The van der Waals surface area contributed by atoms with Gasteiger partial charge < -0.3 is 4.74 Å². The lowest BCUT2D eigenvalue weighted by Gasteiger charge is -2.07. The van der Waals surface area contributed by atoms with Crippen molar-refractivity contribution >= 4 is 11.6 Å². The van der Waals surface area contributed by atoms with E-state index in [0.29, 0.717) is 17.4 Å². The first kappa shape index (κ1) is 9.32. The van der Waals surface area contributed by atoms with Crippen LogP contribution in [0.15, 0.2) is 18.2 Å². The molecule has 0 spiro atoms. The molecule has 0 amide bonds. The molecular weight excluding hydrogens is 178 g/mol. The van der Waals surface area contributed by atoms with Crippen LogP contribution < -0.4 is 10.6 Å².